The number of carboxylic acid groups (broad SMARTS) is 1. The van der Waals surface area contributed by atoms with Crippen molar-refractivity contribution in [3.63, 3.8) is 0 Å². The molecule has 0 heterocycles. The highest BCUT2D eigenvalue weighted by atomic mass is 16.5. The van der Waals surface area contributed by atoms with Gasteiger partial charge in [0.05, 0.1) is 6.61 Å². The highest BCUT2D eigenvalue weighted by Crippen LogP contribution is 2.06. The molecule has 0 fully saturated rings. The zero-order valence-corrected chi connectivity index (χ0v) is 11.6. The van der Waals surface area contributed by atoms with Gasteiger partial charge in [-0.15, -0.1) is 0 Å². The molecular formula is C12H22N2O5. The molecule has 0 aliphatic carbocycles. The molecule has 0 rings (SSSR count). The van der Waals surface area contributed by atoms with Gasteiger partial charge in [0, 0.05) is 26.5 Å². The molecule has 0 aliphatic heterocycles. The molecular weight excluding hydrogens is 252 g/mol. The van der Waals surface area contributed by atoms with Crippen LogP contribution in [0.5, 0.6) is 0 Å². The molecule has 3 N–H and O–H groups in total. The Bertz CT molecular complexity index is 332. The smallest absolute Gasteiger partial charge is 0.331 e. The van der Waals surface area contributed by atoms with Crippen molar-refractivity contribution in [3.05, 3.63) is 0 Å². The Morgan fingerprint density at radius 2 is 1.79 bits per heavy atom. The van der Waals surface area contributed by atoms with Crippen molar-refractivity contribution < 1.29 is 24.2 Å². The third-order valence-electron chi connectivity index (χ3n) is 2.50. The lowest BCUT2D eigenvalue weighted by Gasteiger charge is -2.25. The Kier molecular flexibility index (Phi) is 7.74. The molecule has 0 bridgehead atoms. The third-order valence-corrected chi connectivity index (χ3v) is 2.50. The summed E-state index contributed by atoms with van der Waals surface area (Å²) < 4.78 is 4.78. The van der Waals surface area contributed by atoms with Gasteiger partial charge >= 0.3 is 5.97 Å². The van der Waals surface area contributed by atoms with Gasteiger partial charge in [-0.1, -0.05) is 0 Å². The van der Waals surface area contributed by atoms with Gasteiger partial charge in [-0.2, -0.15) is 0 Å². The molecule has 0 aromatic carbocycles. The summed E-state index contributed by atoms with van der Waals surface area (Å²) in [6.45, 7) is 3.62. The average Bonchev–Trinajstić information content (AvgIpc) is 2.29. The Hall–Kier alpha value is -1.63. The van der Waals surface area contributed by atoms with Crippen LogP contribution in [0.2, 0.25) is 0 Å². The van der Waals surface area contributed by atoms with E-state index in [1.807, 2.05) is 6.92 Å². The lowest BCUT2D eigenvalue weighted by molar-refractivity contribution is -0.149. The monoisotopic (exact) mass is 274 g/mol. The molecule has 1 unspecified atom stereocenters. The van der Waals surface area contributed by atoms with Crippen LogP contribution < -0.4 is 10.6 Å². The van der Waals surface area contributed by atoms with Crippen molar-refractivity contribution in [1.82, 2.24) is 10.6 Å². The highest BCUT2D eigenvalue weighted by Gasteiger charge is 2.34. The summed E-state index contributed by atoms with van der Waals surface area (Å²) in [7, 11) is 1.36. The van der Waals surface area contributed by atoms with E-state index in [0.29, 0.717) is 13.0 Å². The maximum Gasteiger partial charge on any atom is 0.331 e. The fraction of sp³-hybridized carbons (Fsp3) is 0.750. The lowest BCUT2D eigenvalue weighted by atomic mass is 10.0. The van der Waals surface area contributed by atoms with Gasteiger partial charge in [-0.3, -0.25) is 9.59 Å². The van der Waals surface area contributed by atoms with Gasteiger partial charge in [0.15, 0.2) is 5.54 Å². The Balaban J connectivity index is 4.14. The van der Waals surface area contributed by atoms with Crippen LogP contribution in [0, 0.1) is 0 Å². The topological polar surface area (TPSA) is 105 Å². The van der Waals surface area contributed by atoms with E-state index in [-0.39, 0.29) is 25.4 Å². The number of nitrogens with one attached hydrogen (secondary N) is 2. The van der Waals surface area contributed by atoms with Gasteiger partial charge in [0.2, 0.25) is 11.8 Å². The number of hydrogen-bond acceptors (Lipinski definition) is 4. The molecule has 2 amide bonds. The molecule has 0 saturated carbocycles. The van der Waals surface area contributed by atoms with Crippen LogP contribution in [-0.4, -0.2) is 48.7 Å². The molecule has 110 valence electrons. The number of rotatable bonds is 9. The van der Waals surface area contributed by atoms with Crippen LogP contribution in [0.1, 0.15) is 33.1 Å². The van der Waals surface area contributed by atoms with E-state index in [9.17, 15) is 14.4 Å². The molecule has 0 saturated heterocycles. The predicted molar refractivity (Wildman–Crippen MR) is 68.6 cm³/mol. The summed E-state index contributed by atoms with van der Waals surface area (Å²) in [5.74, 6) is -1.69. The van der Waals surface area contributed by atoms with E-state index >= 15 is 0 Å². The van der Waals surface area contributed by atoms with Crippen molar-refractivity contribution >= 4 is 17.8 Å². The van der Waals surface area contributed by atoms with Crippen molar-refractivity contribution in [2.75, 3.05) is 20.3 Å². The molecule has 0 aromatic rings. The zero-order chi connectivity index (χ0) is 14.9. The summed E-state index contributed by atoms with van der Waals surface area (Å²) in [6.07, 6.45) is 0.722. The maximum absolute atomic E-state index is 11.6. The largest absolute Gasteiger partial charge is 0.479 e. The molecule has 0 spiro atoms. The van der Waals surface area contributed by atoms with Gasteiger partial charge < -0.3 is 20.5 Å². The van der Waals surface area contributed by atoms with Gasteiger partial charge in [-0.05, 0) is 20.3 Å². The average molecular weight is 274 g/mol. The molecule has 1 atom stereocenters. The standard InChI is InChI=1S/C12H22N2O5/c1-4-13-9(15)6-5-7-10(16)14-12(2,8-19-3)11(17)18/h4-8H2,1-3H3,(H,13,15)(H,14,16)(H,17,18). The van der Waals surface area contributed by atoms with Crippen molar-refractivity contribution in [2.45, 2.75) is 38.6 Å². The Labute approximate surface area is 112 Å². The quantitative estimate of drug-likeness (QED) is 0.544. The first-order valence-corrected chi connectivity index (χ1v) is 6.15. The number of ether oxygens (including phenoxy) is 1. The van der Waals surface area contributed by atoms with E-state index in [2.05, 4.69) is 10.6 Å². The van der Waals surface area contributed by atoms with E-state index in [1.165, 1.54) is 14.0 Å². The fourth-order valence-electron chi connectivity index (χ4n) is 1.51. The summed E-state index contributed by atoms with van der Waals surface area (Å²) in [5.41, 5.74) is -1.45. The maximum atomic E-state index is 11.6. The number of carbonyl (C=O) groups excluding carboxylic acids is 2. The van der Waals surface area contributed by atoms with Crippen molar-refractivity contribution in [2.24, 2.45) is 0 Å². The van der Waals surface area contributed by atoms with Crippen LogP contribution in [0.15, 0.2) is 0 Å². The van der Waals surface area contributed by atoms with E-state index in [4.69, 9.17) is 9.84 Å². The first-order valence-electron chi connectivity index (χ1n) is 6.15. The summed E-state index contributed by atoms with van der Waals surface area (Å²) in [6, 6.07) is 0. The molecule has 0 aromatic heterocycles. The van der Waals surface area contributed by atoms with E-state index in [1.54, 1.807) is 0 Å². The lowest BCUT2D eigenvalue weighted by Crippen LogP contribution is -2.55. The number of carbonyl (C=O) groups is 3. The highest BCUT2D eigenvalue weighted by molar-refractivity contribution is 5.87. The first-order chi connectivity index (χ1) is 8.85. The third kappa shape index (κ3) is 6.76. The molecule has 19 heavy (non-hydrogen) atoms. The number of hydrogen-bond donors (Lipinski definition) is 3. The second kappa shape index (κ2) is 8.47. The SMILES string of the molecule is CCNC(=O)CCCC(=O)NC(C)(COC)C(=O)O. The minimum atomic E-state index is -1.45. The normalized spacial score (nSPS) is 13.4. The van der Waals surface area contributed by atoms with Crippen LogP contribution in [0.4, 0.5) is 0 Å². The first kappa shape index (κ1) is 17.4. The van der Waals surface area contributed by atoms with Crippen LogP contribution in [0.3, 0.4) is 0 Å². The molecule has 0 radical (unpaired) electrons. The molecule has 7 heteroatoms. The number of aliphatic carboxylic acids is 1. The minimum absolute atomic E-state index is 0.101. The summed E-state index contributed by atoms with van der Waals surface area (Å²) >= 11 is 0. The molecule has 0 aliphatic rings. The van der Waals surface area contributed by atoms with Crippen LogP contribution in [0.25, 0.3) is 0 Å². The summed E-state index contributed by atoms with van der Waals surface area (Å²) in [4.78, 5) is 33.8. The van der Waals surface area contributed by atoms with Crippen molar-refractivity contribution in [1.29, 1.82) is 0 Å². The van der Waals surface area contributed by atoms with Gasteiger partial charge in [-0.25, -0.2) is 4.79 Å². The second-order valence-electron chi connectivity index (χ2n) is 4.43. The number of methoxy groups -OCH3 is 1. The van der Waals surface area contributed by atoms with Crippen LogP contribution >= 0.6 is 0 Å². The van der Waals surface area contributed by atoms with Crippen molar-refractivity contribution in [3.8, 4) is 0 Å². The number of carboxylic acids is 1. The van der Waals surface area contributed by atoms with Gasteiger partial charge in [0.25, 0.3) is 0 Å². The van der Waals surface area contributed by atoms with Crippen LogP contribution in [-0.2, 0) is 19.1 Å². The van der Waals surface area contributed by atoms with E-state index < -0.39 is 17.4 Å². The fourth-order valence-corrected chi connectivity index (χ4v) is 1.51. The number of amides is 2. The van der Waals surface area contributed by atoms with Gasteiger partial charge in [0.1, 0.15) is 0 Å². The Morgan fingerprint density at radius 1 is 1.21 bits per heavy atom. The second-order valence-corrected chi connectivity index (χ2v) is 4.43. The van der Waals surface area contributed by atoms with E-state index in [0.717, 1.165) is 0 Å². The summed E-state index contributed by atoms with van der Waals surface area (Å²) in [5, 5.41) is 14.1. The predicted octanol–water partition coefficient (Wildman–Crippen LogP) is -0.101. The Morgan fingerprint density at radius 3 is 2.26 bits per heavy atom. The minimum Gasteiger partial charge on any atom is -0.479 e. The molecule has 7 nitrogen and oxygen atoms in total. The zero-order valence-electron chi connectivity index (χ0n) is 11.6.